The van der Waals surface area contributed by atoms with E-state index in [0.717, 1.165) is 31.9 Å². The molecule has 0 spiro atoms. The highest BCUT2D eigenvalue weighted by Crippen LogP contribution is 2.36. The third kappa shape index (κ3) is 4.99. The van der Waals surface area contributed by atoms with Gasteiger partial charge in [0.2, 0.25) is 5.91 Å². The van der Waals surface area contributed by atoms with E-state index in [-0.39, 0.29) is 18.2 Å². The number of allylic oxidation sites excluding steroid dienone is 1. The number of hydrogen-bond donors (Lipinski definition) is 2. The van der Waals surface area contributed by atoms with Gasteiger partial charge in [-0.15, -0.1) is 12.6 Å². The standard InChI is InChI=1S/C12H9ClN2OS.C5H11NO/c13-10-4-2-1-3-7(10)8-5-11(16)15-12(17)9(8)6-14;1-6-2-4-7-5-3-6/h1-4,8,17H,5H2,(H,15,16);2-5H2,1H3. The fourth-order valence-electron chi connectivity index (χ4n) is 2.51. The summed E-state index contributed by atoms with van der Waals surface area (Å²) in [6.45, 7) is 4.02. The Morgan fingerprint density at radius 1 is 1.38 bits per heavy atom. The van der Waals surface area contributed by atoms with E-state index in [9.17, 15) is 4.79 Å². The number of rotatable bonds is 1. The average Bonchev–Trinajstić information content (AvgIpc) is 2.56. The number of amides is 1. The van der Waals surface area contributed by atoms with Crippen molar-refractivity contribution in [1.29, 1.82) is 5.26 Å². The summed E-state index contributed by atoms with van der Waals surface area (Å²) in [6, 6.07) is 9.30. The molecule has 0 saturated carbocycles. The highest BCUT2D eigenvalue weighted by Gasteiger charge is 2.29. The van der Waals surface area contributed by atoms with Crippen LogP contribution in [0.25, 0.3) is 0 Å². The maximum atomic E-state index is 11.5. The Morgan fingerprint density at radius 3 is 2.58 bits per heavy atom. The molecule has 1 unspecified atom stereocenters. The second kappa shape index (κ2) is 9.09. The number of hydrogen-bond acceptors (Lipinski definition) is 5. The van der Waals surface area contributed by atoms with Gasteiger partial charge in [-0.25, -0.2) is 0 Å². The van der Waals surface area contributed by atoms with Crippen LogP contribution in [0, 0.1) is 11.3 Å². The lowest BCUT2D eigenvalue weighted by Crippen LogP contribution is -2.32. The van der Waals surface area contributed by atoms with Crippen molar-refractivity contribution in [2.24, 2.45) is 0 Å². The van der Waals surface area contributed by atoms with Crippen LogP contribution < -0.4 is 5.32 Å². The van der Waals surface area contributed by atoms with Gasteiger partial charge in [0, 0.05) is 30.5 Å². The van der Waals surface area contributed by atoms with Gasteiger partial charge in [-0.2, -0.15) is 5.26 Å². The fraction of sp³-hybridized carbons (Fsp3) is 0.412. The van der Waals surface area contributed by atoms with Gasteiger partial charge in [0.25, 0.3) is 0 Å². The number of likely N-dealkylation sites (N-methyl/N-ethyl adjacent to an activating group) is 1. The van der Waals surface area contributed by atoms with Gasteiger partial charge in [0.15, 0.2) is 0 Å². The lowest BCUT2D eigenvalue weighted by molar-refractivity contribution is -0.120. The Kier molecular flexibility index (Phi) is 7.13. The van der Waals surface area contributed by atoms with E-state index in [1.165, 1.54) is 0 Å². The molecular weight excluding hydrogens is 346 g/mol. The summed E-state index contributed by atoms with van der Waals surface area (Å²) in [4.78, 5) is 13.8. The molecule has 1 fully saturated rings. The van der Waals surface area contributed by atoms with Crippen LogP contribution in [-0.2, 0) is 9.53 Å². The number of nitrogens with zero attached hydrogens (tertiary/aromatic N) is 2. The number of carbonyl (C=O) groups excluding carboxylic acids is 1. The predicted octanol–water partition coefficient (Wildman–Crippen LogP) is 2.56. The van der Waals surface area contributed by atoms with Gasteiger partial charge in [-0.05, 0) is 18.7 Å². The summed E-state index contributed by atoms with van der Waals surface area (Å²) in [6.07, 6.45) is 0.219. The van der Waals surface area contributed by atoms with E-state index in [0.29, 0.717) is 15.6 Å². The van der Waals surface area contributed by atoms with Crippen molar-refractivity contribution in [3.8, 4) is 6.07 Å². The molecule has 7 heteroatoms. The van der Waals surface area contributed by atoms with Gasteiger partial charge in [0.1, 0.15) is 0 Å². The van der Waals surface area contributed by atoms with Gasteiger partial charge >= 0.3 is 0 Å². The molecule has 1 N–H and O–H groups in total. The Labute approximate surface area is 152 Å². The topological polar surface area (TPSA) is 65.4 Å². The molecule has 2 heterocycles. The number of ether oxygens (including phenoxy) is 1. The first-order chi connectivity index (χ1) is 11.5. The molecule has 0 aromatic heterocycles. The third-order valence-corrected chi connectivity index (χ3v) is 4.58. The normalized spacial score (nSPS) is 21.4. The van der Waals surface area contributed by atoms with E-state index in [2.05, 4.69) is 36.0 Å². The van der Waals surface area contributed by atoms with Gasteiger partial charge in [-0.1, -0.05) is 29.8 Å². The van der Waals surface area contributed by atoms with Crippen LogP contribution in [0.5, 0.6) is 0 Å². The van der Waals surface area contributed by atoms with E-state index in [1.54, 1.807) is 6.07 Å². The molecule has 1 amide bonds. The number of nitrogens with one attached hydrogen (secondary N) is 1. The molecule has 3 rings (SSSR count). The van der Waals surface area contributed by atoms with Crippen LogP contribution in [0.2, 0.25) is 5.02 Å². The maximum Gasteiger partial charge on any atom is 0.225 e. The van der Waals surface area contributed by atoms with Gasteiger partial charge in [-0.3, -0.25) is 4.79 Å². The van der Waals surface area contributed by atoms with Crippen LogP contribution in [0.1, 0.15) is 17.9 Å². The molecule has 1 atom stereocenters. The van der Waals surface area contributed by atoms with E-state index in [4.69, 9.17) is 21.6 Å². The Balaban J connectivity index is 0.000000249. The molecule has 0 radical (unpaired) electrons. The van der Waals surface area contributed by atoms with Crippen LogP contribution in [0.4, 0.5) is 0 Å². The monoisotopic (exact) mass is 365 g/mol. The molecular formula is C17H20ClN3O2S. The lowest BCUT2D eigenvalue weighted by atomic mass is 9.87. The van der Waals surface area contributed by atoms with Crippen molar-refractivity contribution in [2.75, 3.05) is 33.4 Å². The maximum absolute atomic E-state index is 11.5. The SMILES string of the molecule is CN1CCOCC1.N#CC1=C(S)NC(=O)CC1c1ccccc1Cl. The third-order valence-electron chi connectivity index (χ3n) is 3.89. The van der Waals surface area contributed by atoms with Crippen molar-refractivity contribution < 1.29 is 9.53 Å². The summed E-state index contributed by atoms with van der Waals surface area (Å²) in [5.74, 6) is -0.464. The van der Waals surface area contributed by atoms with Crippen LogP contribution >= 0.6 is 24.2 Å². The Hall–Kier alpha value is -1.52. The number of halogens is 1. The Bertz CT molecular complexity index is 666. The van der Waals surface area contributed by atoms with Gasteiger partial charge in [0.05, 0.1) is 29.9 Å². The smallest absolute Gasteiger partial charge is 0.225 e. The summed E-state index contributed by atoms with van der Waals surface area (Å²) in [5.41, 5.74) is 1.23. The minimum atomic E-state index is -0.310. The van der Waals surface area contributed by atoms with Crippen molar-refractivity contribution >= 4 is 30.1 Å². The molecule has 1 aromatic rings. The number of carbonyl (C=O) groups is 1. The highest BCUT2D eigenvalue weighted by molar-refractivity contribution is 7.84. The first-order valence-electron chi connectivity index (χ1n) is 7.66. The zero-order chi connectivity index (χ0) is 17.5. The van der Waals surface area contributed by atoms with Crippen LogP contribution in [0.3, 0.4) is 0 Å². The van der Waals surface area contributed by atoms with E-state index >= 15 is 0 Å². The highest BCUT2D eigenvalue weighted by atomic mass is 35.5. The summed E-state index contributed by atoms with van der Waals surface area (Å²) in [5, 5.41) is 12.5. The van der Waals surface area contributed by atoms with Crippen LogP contribution in [-0.4, -0.2) is 44.2 Å². The minimum Gasteiger partial charge on any atom is -0.379 e. The number of nitriles is 1. The Morgan fingerprint density at radius 2 is 2.04 bits per heavy atom. The zero-order valence-electron chi connectivity index (χ0n) is 13.5. The summed E-state index contributed by atoms with van der Waals surface area (Å²) < 4.78 is 5.10. The molecule has 0 bridgehead atoms. The molecule has 2 aliphatic heterocycles. The van der Waals surface area contributed by atoms with Crippen molar-refractivity contribution in [3.05, 3.63) is 45.5 Å². The molecule has 0 aliphatic carbocycles. The largest absolute Gasteiger partial charge is 0.379 e. The first-order valence-corrected chi connectivity index (χ1v) is 8.49. The van der Waals surface area contributed by atoms with Crippen molar-refractivity contribution in [3.63, 3.8) is 0 Å². The first kappa shape index (κ1) is 18.8. The van der Waals surface area contributed by atoms with Gasteiger partial charge < -0.3 is 15.0 Å². The van der Waals surface area contributed by atoms with Crippen molar-refractivity contribution in [1.82, 2.24) is 10.2 Å². The summed E-state index contributed by atoms with van der Waals surface area (Å²) in [7, 11) is 2.11. The summed E-state index contributed by atoms with van der Waals surface area (Å²) >= 11 is 10.2. The molecule has 5 nitrogen and oxygen atoms in total. The lowest BCUT2D eigenvalue weighted by Gasteiger charge is -2.23. The second-order valence-corrected chi connectivity index (χ2v) is 6.47. The number of morpholine rings is 1. The molecule has 2 aliphatic rings. The van der Waals surface area contributed by atoms with Crippen LogP contribution in [0.15, 0.2) is 34.9 Å². The molecule has 1 saturated heterocycles. The minimum absolute atomic E-state index is 0.154. The van der Waals surface area contributed by atoms with Crippen molar-refractivity contribution in [2.45, 2.75) is 12.3 Å². The predicted molar refractivity (Wildman–Crippen MR) is 96.9 cm³/mol. The van der Waals surface area contributed by atoms with E-state index < -0.39 is 0 Å². The molecule has 128 valence electrons. The second-order valence-electron chi connectivity index (χ2n) is 5.62. The number of benzene rings is 1. The average molecular weight is 366 g/mol. The quantitative estimate of drug-likeness (QED) is 0.751. The molecule has 24 heavy (non-hydrogen) atoms. The number of thiol groups is 1. The van der Waals surface area contributed by atoms with E-state index in [1.807, 2.05) is 18.2 Å². The molecule has 1 aromatic carbocycles. The zero-order valence-corrected chi connectivity index (χ0v) is 15.1. The fourth-order valence-corrected chi connectivity index (χ4v) is 3.11.